The molecule has 1 aliphatic heterocycles. The van der Waals surface area contributed by atoms with Gasteiger partial charge in [-0.05, 0) is 51.3 Å². The highest BCUT2D eigenvalue weighted by atomic mass is 16.3. The summed E-state index contributed by atoms with van der Waals surface area (Å²) in [6, 6.07) is 4.11. The standard InChI is InChI=1S/C23H34N8O2/c1-3-18-22(26-15-4-7-17(32)8-5-15)29-23(20(28-18)21(24)33)27-16-6-9-19(25-14-16)31-12-10-30(2)11-13-31/h6,9,14-15,17,32H,3-5,7-8,10-13H2,1-2H3,(H2,24,33)(H2,26,27,29)/t15-,17-. The number of hydrogen-bond donors (Lipinski definition) is 4. The molecule has 10 heteroatoms. The SMILES string of the molecule is CCc1nc(C(N)=O)c(Nc2ccc(N3CCN(C)CC3)nc2)nc1N[C@H]1CC[C@H](O)CC1. The molecule has 2 aromatic rings. The Bertz CT molecular complexity index is 952. The maximum absolute atomic E-state index is 12.1. The second-order valence-corrected chi connectivity index (χ2v) is 8.90. The molecule has 4 rings (SSSR count). The Balaban J connectivity index is 1.53. The van der Waals surface area contributed by atoms with Gasteiger partial charge in [-0.1, -0.05) is 6.92 Å². The van der Waals surface area contributed by atoms with E-state index in [1.165, 1.54) is 0 Å². The summed E-state index contributed by atoms with van der Waals surface area (Å²) in [6.45, 7) is 5.88. The fourth-order valence-corrected chi connectivity index (χ4v) is 4.32. The molecule has 2 fully saturated rings. The van der Waals surface area contributed by atoms with Crippen molar-refractivity contribution in [3.8, 4) is 0 Å². The van der Waals surface area contributed by atoms with Gasteiger partial charge in [-0.2, -0.15) is 0 Å². The third-order valence-corrected chi connectivity index (χ3v) is 6.41. The molecule has 1 aliphatic carbocycles. The minimum Gasteiger partial charge on any atom is -0.393 e. The number of aromatic nitrogens is 3. The molecule has 1 saturated carbocycles. The van der Waals surface area contributed by atoms with Crippen molar-refractivity contribution in [2.24, 2.45) is 5.73 Å². The van der Waals surface area contributed by atoms with E-state index in [1.54, 1.807) is 6.20 Å². The molecular weight excluding hydrogens is 420 g/mol. The first kappa shape index (κ1) is 23.2. The van der Waals surface area contributed by atoms with Gasteiger partial charge < -0.3 is 31.3 Å². The predicted octanol–water partition coefficient (Wildman–Crippen LogP) is 1.74. The number of anilines is 4. The van der Waals surface area contributed by atoms with Crippen LogP contribution in [0.3, 0.4) is 0 Å². The predicted molar refractivity (Wildman–Crippen MR) is 129 cm³/mol. The van der Waals surface area contributed by atoms with E-state index in [4.69, 9.17) is 10.7 Å². The molecule has 1 saturated heterocycles. The molecule has 10 nitrogen and oxygen atoms in total. The zero-order valence-electron chi connectivity index (χ0n) is 19.4. The van der Waals surface area contributed by atoms with Gasteiger partial charge in [-0.15, -0.1) is 0 Å². The molecule has 33 heavy (non-hydrogen) atoms. The molecular formula is C23H34N8O2. The number of aliphatic hydroxyl groups excluding tert-OH is 1. The molecule has 2 aromatic heterocycles. The summed E-state index contributed by atoms with van der Waals surface area (Å²) in [7, 11) is 2.12. The smallest absolute Gasteiger partial charge is 0.271 e. The Morgan fingerprint density at radius 3 is 2.45 bits per heavy atom. The van der Waals surface area contributed by atoms with Crippen LogP contribution in [0.25, 0.3) is 0 Å². The maximum atomic E-state index is 12.1. The van der Waals surface area contributed by atoms with Gasteiger partial charge in [0, 0.05) is 32.2 Å². The van der Waals surface area contributed by atoms with Crippen molar-refractivity contribution in [1.82, 2.24) is 19.9 Å². The number of hydrogen-bond acceptors (Lipinski definition) is 9. The number of nitrogens with one attached hydrogen (secondary N) is 2. The molecule has 0 radical (unpaired) electrons. The summed E-state index contributed by atoms with van der Waals surface area (Å²) in [5.41, 5.74) is 7.14. The second kappa shape index (κ2) is 10.3. The number of aryl methyl sites for hydroxylation is 1. The number of aliphatic hydroxyl groups is 1. The molecule has 0 atom stereocenters. The van der Waals surface area contributed by atoms with Crippen molar-refractivity contribution in [3.05, 3.63) is 29.7 Å². The average molecular weight is 455 g/mol. The Labute approximate surface area is 194 Å². The molecule has 0 unspecified atom stereocenters. The van der Waals surface area contributed by atoms with Crippen molar-refractivity contribution in [2.75, 3.05) is 48.8 Å². The largest absolute Gasteiger partial charge is 0.393 e. The number of nitrogens with zero attached hydrogens (tertiary/aromatic N) is 5. The molecule has 0 spiro atoms. The average Bonchev–Trinajstić information content (AvgIpc) is 2.81. The lowest BCUT2D eigenvalue weighted by Gasteiger charge is -2.33. The van der Waals surface area contributed by atoms with Crippen LogP contribution in [0.5, 0.6) is 0 Å². The number of likely N-dealkylation sites (N-methyl/N-ethyl adjacent to an activating group) is 1. The van der Waals surface area contributed by atoms with Gasteiger partial charge in [0.1, 0.15) is 11.6 Å². The summed E-state index contributed by atoms with van der Waals surface area (Å²) >= 11 is 0. The molecule has 0 bridgehead atoms. The molecule has 5 N–H and O–H groups in total. The van der Waals surface area contributed by atoms with E-state index in [0.717, 1.165) is 57.7 Å². The Hall–Kier alpha value is -2.98. The van der Waals surface area contributed by atoms with Gasteiger partial charge in [0.05, 0.1) is 23.7 Å². The maximum Gasteiger partial charge on any atom is 0.271 e. The van der Waals surface area contributed by atoms with Crippen LogP contribution in [0.1, 0.15) is 48.8 Å². The van der Waals surface area contributed by atoms with Crippen molar-refractivity contribution in [1.29, 1.82) is 0 Å². The monoisotopic (exact) mass is 454 g/mol. The number of pyridine rings is 1. The molecule has 0 aromatic carbocycles. The first-order valence-electron chi connectivity index (χ1n) is 11.7. The zero-order chi connectivity index (χ0) is 23.4. The number of amides is 1. The van der Waals surface area contributed by atoms with E-state index in [0.29, 0.717) is 29.4 Å². The van der Waals surface area contributed by atoms with Crippen LogP contribution in [-0.4, -0.2) is 76.2 Å². The second-order valence-electron chi connectivity index (χ2n) is 8.90. The number of carbonyl (C=O) groups is 1. The fraction of sp³-hybridized carbons (Fsp3) is 0.565. The lowest BCUT2D eigenvalue weighted by atomic mass is 9.93. The van der Waals surface area contributed by atoms with Crippen molar-refractivity contribution >= 4 is 29.0 Å². The van der Waals surface area contributed by atoms with Crippen LogP contribution in [0.4, 0.5) is 23.1 Å². The normalized spacial score (nSPS) is 21.6. The number of piperazine rings is 1. The van der Waals surface area contributed by atoms with E-state index in [-0.39, 0.29) is 17.8 Å². The first-order chi connectivity index (χ1) is 15.9. The minimum absolute atomic E-state index is 0.111. The van der Waals surface area contributed by atoms with Crippen LogP contribution in [-0.2, 0) is 6.42 Å². The van der Waals surface area contributed by atoms with E-state index in [1.807, 2.05) is 19.1 Å². The van der Waals surface area contributed by atoms with E-state index in [2.05, 4.69) is 37.4 Å². The Morgan fingerprint density at radius 1 is 1.12 bits per heavy atom. The van der Waals surface area contributed by atoms with E-state index >= 15 is 0 Å². The van der Waals surface area contributed by atoms with Crippen molar-refractivity contribution in [2.45, 2.75) is 51.2 Å². The number of nitrogens with two attached hydrogens (primary N) is 1. The van der Waals surface area contributed by atoms with Crippen LogP contribution in [0.15, 0.2) is 18.3 Å². The highest BCUT2D eigenvalue weighted by Crippen LogP contribution is 2.27. The quantitative estimate of drug-likeness (QED) is 0.494. The highest BCUT2D eigenvalue weighted by molar-refractivity contribution is 5.96. The topological polar surface area (TPSA) is 133 Å². The third kappa shape index (κ3) is 5.69. The van der Waals surface area contributed by atoms with Crippen LogP contribution >= 0.6 is 0 Å². The first-order valence-corrected chi connectivity index (χ1v) is 11.7. The summed E-state index contributed by atoms with van der Waals surface area (Å²) in [5.74, 6) is 1.26. The fourth-order valence-electron chi connectivity index (χ4n) is 4.32. The summed E-state index contributed by atoms with van der Waals surface area (Å²) in [5, 5.41) is 16.4. The van der Waals surface area contributed by atoms with Crippen molar-refractivity contribution < 1.29 is 9.90 Å². The highest BCUT2D eigenvalue weighted by Gasteiger charge is 2.23. The Morgan fingerprint density at radius 2 is 1.85 bits per heavy atom. The van der Waals surface area contributed by atoms with E-state index in [9.17, 15) is 9.90 Å². The number of carbonyl (C=O) groups excluding carboxylic acids is 1. The van der Waals surface area contributed by atoms with Gasteiger partial charge >= 0.3 is 0 Å². The third-order valence-electron chi connectivity index (χ3n) is 6.41. The van der Waals surface area contributed by atoms with Crippen LogP contribution < -0.4 is 21.3 Å². The van der Waals surface area contributed by atoms with Crippen molar-refractivity contribution in [3.63, 3.8) is 0 Å². The van der Waals surface area contributed by atoms with Gasteiger partial charge in [-0.3, -0.25) is 4.79 Å². The molecule has 178 valence electrons. The minimum atomic E-state index is -0.631. The molecule has 3 heterocycles. The lowest BCUT2D eigenvalue weighted by Crippen LogP contribution is -2.44. The van der Waals surface area contributed by atoms with Gasteiger partial charge in [0.2, 0.25) is 0 Å². The lowest BCUT2D eigenvalue weighted by molar-refractivity contribution is 0.0996. The van der Waals surface area contributed by atoms with Gasteiger partial charge in [-0.25, -0.2) is 15.0 Å². The van der Waals surface area contributed by atoms with E-state index < -0.39 is 5.91 Å². The number of rotatable bonds is 7. The zero-order valence-corrected chi connectivity index (χ0v) is 19.4. The molecule has 2 aliphatic rings. The van der Waals surface area contributed by atoms with Crippen LogP contribution in [0, 0.1) is 0 Å². The van der Waals surface area contributed by atoms with Gasteiger partial charge in [0.15, 0.2) is 11.5 Å². The summed E-state index contributed by atoms with van der Waals surface area (Å²) in [4.78, 5) is 30.5. The van der Waals surface area contributed by atoms with Gasteiger partial charge in [0.25, 0.3) is 5.91 Å². The van der Waals surface area contributed by atoms with Crippen LogP contribution in [0.2, 0.25) is 0 Å². The molecule has 1 amide bonds. The summed E-state index contributed by atoms with van der Waals surface area (Å²) in [6.07, 6.45) is 5.39. The Kier molecular flexibility index (Phi) is 7.24. The number of primary amides is 1. The summed E-state index contributed by atoms with van der Waals surface area (Å²) < 4.78 is 0.